The molecule has 1 aromatic carbocycles. The number of hydrogen-bond donors (Lipinski definition) is 1. The van der Waals surface area contributed by atoms with Crippen LogP contribution in [-0.4, -0.2) is 24.6 Å². The summed E-state index contributed by atoms with van der Waals surface area (Å²) in [5, 5.41) is 4.07. The molecule has 1 aromatic rings. The lowest BCUT2D eigenvalue weighted by atomic mass is 10.3. The maximum absolute atomic E-state index is 11.2. The molecule has 0 aromatic heterocycles. The van der Waals surface area contributed by atoms with Gasteiger partial charge in [-0.1, -0.05) is 23.7 Å². The molecular weight excluding hydrogens is 244 g/mol. The number of para-hydroxylation sites is 1. The molecule has 90 valence electrons. The molecule has 0 amide bonds. The molecule has 5 nitrogen and oxygen atoms in total. The molecule has 0 saturated heterocycles. The molecular formula is C11H11ClN2O3. The standard InChI is InChI=1S/C11H11ClN2O3/c1-2-17-11(16)10(7-15)14-13-9-6-4-3-5-8(9)12/h3-7,13H,2H2,1H3. The van der Waals surface area contributed by atoms with Gasteiger partial charge in [0.05, 0.1) is 17.3 Å². The van der Waals surface area contributed by atoms with Crippen LogP contribution in [0.2, 0.25) is 5.02 Å². The van der Waals surface area contributed by atoms with Crippen LogP contribution in [0.15, 0.2) is 29.4 Å². The van der Waals surface area contributed by atoms with Gasteiger partial charge in [-0.3, -0.25) is 10.2 Å². The van der Waals surface area contributed by atoms with Crippen LogP contribution in [0.5, 0.6) is 0 Å². The van der Waals surface area contributed by atoms with Crippen molar-refractivity contribution in [3.63, 3.8) is 0 Å². The number of carbonyl (C=O) groups excluding carboxylic acids is 2. The number of halogens is 1. The molecule has 1 N–H and O–H groups in total. The third-order valence-electron chi connectivity index (χ3n) is 1.77. The van der Waals surface area contributed by atoms with E-state index in [-0.39, 0.29) is 12.3 Å². The van der Waals surface area contributed by atoms with Crippen LogP contribution in [0.1, 0.15) is 6.92 Å². The highest BCUT2D eigenvalue weighted by Gasteiger charge is 2.11. The first kappa shape index (κ1) is 13.2. The number of anilines is 1. The normalized spacial score (nSPS) is 10.8. The number of ether oxygens (including phenoxy) is 1. The Bertz CT molecular complexity index is 446. The zero-order valence-electron chi connectivity index (χ0n) is 9.14. The Morgan fingerprint density at radius 2 is 2.24 bits per heavy atom. The first-order valence-corrected chi connectivity index (χ1v) is 5.27. The SMILES string of the molecule is CCOC(=O)C(C=O)=NNc1ccccc1Cl. The van der Waals surface area contributed by atoms with Crippen LogP contribution in [0.25, 0.3) is 0 Å². The van der Waals surface area contributed by atoms with Gasteiger partial charge in [0.15, 0.2) is 6.29 Å². The number of esters is 1. The van der Waals surface area contributed by atoms with Crippen LogP contribution >= 0.6 is 11.6 Å². The fourth-order valence-corrected chi connectivity index (χ4v) is 1.18. The van der Waals surface area contributed by atoms with E-state index in [9.17, 15) is 9.59 Å². The summed E-state index contributed by atoms with van der Waals surface area (Å²) in [5.74, 6) is -0.776. The van der Waals surface area contributed by atoms with Crippen LogP contribution in [0, 0.1) is 0 Å². The van der Waals surface area contributed by atoms with Crippen molar-refractivity contribution in [1.29, 1.82) is 0 Å². The third kappa shape index (κ3) is 3.88. The Labute approximate surface area is 103 Å². The van der Waals surface area contributed by atoms with Crippen LogP contribution in [-0.2, 0) is 14.3 Å². The number of benzene rings is 1. The summed E-state index contributed by atoms with van der Waals surface area (Å²) in [7, 11) is 0. The predicted molar refractivity (Wildman–Crippen MR) is 65.2 cm³/mol. The summed E-state index contributed by atoms with van der Waals surface area (Å²) in [6.07, 6.45) is 0.321. The number of nitrogens with zero attached hydrogens (tertiary/aromatic N) is 1. The number of carbonyl (C=O) groups is 2. The van der Waals surface area contributed by atoms with Crippen molar-refractivity contribution in [2.75, 3.05) is 12.0 Å². The highest BCUT2D eigenvalue weighted by Crippen LogP contribution is 2.20. The van der Waals surface area contributed by atoms with Gasteiger partial charge in [-0.15, -0.1) is 0 Å². The van der Waals surface area contributed by atoms with Crippen molar-refractivity contribution in [3.05, 3.63) is 29.3 Å². The molecule has 0 spiro atoms. The third-order valence-corrected chi connectivity index (χ3v) is 2.10. The van der Waals surface area contributed by atoms with Gasteiger partial charge < -0.3 is 4.74 Å². The number of hydrazone groups is 1. The van der Waals surface area contributed by atoms with Crippen molar-refractivity contribution in [2.45, 2.75) is 6.92 Å². The Morgan fingerprint density at radius 3 is 2.82 bits per heavy atom. The minimum absolute atomic E-state index is 0.178. The maximum Gasteiger partial charge on any atom is 0.362 e. The summed E-state index contributed by atoms with van der Waals surface area (Å²) in [6, 6.07) is 6.82. The summed E-state index contributed by atoms with van der Waals surface area (Å²) < 4.78 is 4.64. The van der Waals surface area contributed by atoms with E-state index in [0.29, 0.717) is 17.0 Å². The van der Waals surface area contributed by atoms with E-state index < -0.39 is 5.97 Å². The Kier molecular flexibility index (Phi) is 5.16. The maximum atomic E-state index is 11.2. The van der Waals surface area contributed by atoms with E-state index in [0.717, 1.165) is 0 Å². The first-order chi connectivity index (χ1) is 8.19. The fraction of sp³-hybridized carbons (Fsp3) is 0.182. The summed E-state index contributed by atoms with van der Waals surface area (Å²) in [6.45, 7) is 1.82. The van der Waals surface area contributed by atoms with Crippen LogP contribution in [0.4, 0.5) is 5.69 Å². The average molecular weight is 255 g/mol. The van der Waals surface area contributed by atoms with E-state index in [1.54, 1.807) is 31.2 Å². The van der Waals surface area contributed by atoms with Crippen molar-refractivity contribution < 1.29 is 14.3 Å². The van der Waals surface area contributed by atoms with Crippen molar-refractivity contribution in [2.24, 2.45) is 5.10 Å². The van der Waals surface area contributed by atoms with Gasteiger partial charge in [-0.2, -0.15) is 5.10 Å². The van der Waals surface area contributed by atoms with Gasteiger partial charge in [0, 0.05) is 0 Å². The lowest BCUT2D eigenvalue weighted by Crippen LogP contribution is -2.20. The van der Waals surface area contributed by atoms with Gasteiger partial charge in [0.25, 0.3) is 0 Å². The zero-order chi connectivity index (χ0) is 12.7. The lowest BCUT2D eigenvalue weighted by molar-refractivity contribution is -0.135. The first-order valence-electron chi connectivity index (χ1n) is 4.89. The zero-order valence-corrected chi connectivity index (χ0v) is 9.90. The molecule has 0 aliphatic heterocycles. The minimum Gasteiger partial charge on any atom is -0.461 e. The van der Waals surface area contributed by atoms with E-state index in [1.165, 1.54) is 0 Å². The van der Waals surface area contributed by atoms with Crippen molar-refractivity contribution >= 4 is 35.3 Å². The highest BCUT2D eigenvalue weighted by molar-refractivity contribution is 6.58. The number of nitrogens with one attached hydrogen (secondary N) is 1. The largest absolute Gasteiger partial charge is 0.461 e. The van der Waals surface area contributed by atoms with Gasteiger partial charge in [0.1, 0.15) is 0 Å². The number of hydrogen-bond acceptors (Lipinski definition) is 5. The van der Waals surface area contributed by atoms with Crippen molar-refractivity contribution in [3.8, 4) is 0 Å². The van der Waals surface area contributed by atoms with E-state index in [1.807, 2.05) is 0 Å². The lowest BCUT2D eigenvalue weighted by Gasteiger charge is -2.03. The molecule has 6 heteroatoms. The quantitative estimate of drug-likeness (QED) is 0.286. The molecule has 0 bridgehead atoms. The summed E-state index contributed by atoms with van der Waals surface area (Å²) in [4.78, 5) is 21.8. The summed E-state index contributed by atoms with van der Waals surface area (Å²) in [5.41, 5.74) is 2.68. The van der Waals surface area contributed by atoms with E-state index in [4.69, 9.17) is 11.6 Å². The molecule has 17 heavy (non-hydrogen) atoms. The number of rotatable bonds is 5. The smallest absolute Gasteiger partial charge is 0.362 e. The second-order valence-corrected chi connectivity index (χ2v) is 3.33. The molecule has 0 atom stereocenters. The predicted octanol–water partition coefficient (Wildman–Crippen LogP) is 1.87. The average Bonchev–Trinajstić information content (AvgIpc) is 2.32. The molecule has 0 heterocycles. The van der Waals surface area contributed by atoms with Gasteiger partial charge in [0.2, 0.25) is 5.71 Å². The fourth-order valence-electron chi connectivity index (χ4n) is 0.997. The molecule has 0 unspecified atom stereocenters. The molecule has 0 aliphatic rings. The van der Waals surface area contributed by atoms with Crippen LogP contribution < -0.4 is 5.43 Å². The Hall–Kier alpha value is -1.88. The summed E-state index contributed by atoms with van der Waals surface area (Å²) >= 11 is 5.86. The topological polar surface area (TPSA) is 67.8 Å². The molecule has 1 rings (SSSR count). The van der Waals surface area contributed by atoms with Crippen LogP contribution in [0.3, 0.4) is 0 Å². The molecule has 0 saturated carbocycles. The second kappa shape index (κ2) is 6.65. The second-order valence-electron chi connectivity index (χ2n) is 2.93. The van der Waals surface area contributed by atoms with Gasteiger partial charge >= 0.3 is 5.97 Å². The van der Waals surface area contributed by atoms with Gasteiger partial charge in [-0.25, -0.2) is 4.79 Å². The molecule has 0 fully saturated rings. The van der Waals surface area contributed by atoms with E-state index >= 15 is 0 Å². The Morgan fingerprint density at radius 1 is 1.53 bits per heavy atom. The van der Waals surface area contributed by atoms with Crippen molar-refractivity contribution in [1.82, 2.24) is 0 Å². The molecule has 0 radical (unpaired) electrons. The van der Waals surface area contributed by atoms with Gasteiger partial charge in [-0.05, 0) is 19.1 Å². The highest BCUT2D eigenvalue weighted by atomic mass is 35.5. The van der Waals surface area contributed by atoms with E-state index in [2.05, 4.69) is 15.3 Å². The molecule has 0 aliphatic carbocycles. The Balaban J connectivity index is 2.78. The monoisotopic (exact) mass is 254 g/mol. The minimum atomic E-state index is -0.776. The number of aldehydes is 1.